The molecule has 0 saturated heterocycles. The van der Waals surface area contributed by atoms with E-state index in [0.29, 0.717) is 0 Å². The van der Waals surface area contributed by atoms with Crippen LogP contribution in [0.2, 0.25) is 0 Å². The summed E-state index contributed by atoms with van der Waals surface area (Å²) in [4.78, 5) is 20.0. The standard InChI is InChI=1S/C17H15F3N6O2S/c1-10(29-16-25-22-9-26(16)2)11-6-7-21-13(8-11)24-15(27)12-4-3-5-14(23-12)28-17(18,19)20/h3-10H,1-2H3,(H,21,24,27)/t10-/m0/s1. The number of pyridine rings is 2. The van der Waals surface area contributed by atoms with E-state index >= 15 is 0 Å². The van der Waals surface area contributed by atoms with Crippen LogP contribution in [-0.2, 0) is 7.05 Å². The van der Waals surface area contributed by atoms with Crippen molar-refractivity contribution in [2.24, 2.45) is 7.05 Å². The summed E-state index contributed by atoms with van der Waals surface area (Å²) in [6.45, 7) is 1.96. The first-order chi connectivity index (χ1) is 13.7. The number of carbonyl (C=O) groups is 1. The molecule has 3 heterocycles. The van der Waals surface area contributed by atoms with Gasteiger partial charge in [0.15, 0.2) is 5.16 Å². The number of anilines is 1. The Bertz CT molecular complexity index is 1010. The number of nitrogens with zero attached hydrogens (tertiary/aromatic N) is 5. The summed E-state index contributed by atoms with van der Waals surface area (Å²) in [5.74, 6) is -1.20. The Balaban J connectivity index is 1.70. The van der Waals surface area contributed by atoms with Crippen molar-refractivity contribution in [2.45, 2.75) is 23.7 Å². The number of thioether (sulfide) groups is 1. The number of aromatic nitrogens is 5. The van der Waals surface area contributed by atoms with Crippen LogP contribution in [0, 0.1) is 0 Å². The van der Waals surface area contributed by atoms with Crippen LogP contribution in [-0.4, -0.2) is 37.0 Å². The molecule has 8 nitrogen and oxygen atoms in total. The Labute approximate surface area is 167 Å². The summed E-state index contributed by atoms with van der Waals surface area (Å²) >= 11 is 1.47. The molecule has 3 aromatic heterocycles. The number of halogens is 3. The Hall–Kier alpha value is -3.15. The third-order valence-electron chi connectivity index (χ3n) is 3.62. The second-order valence-electron chi connectivity index (χ2n) is 5.82. The second-order valence-corrected chi connectivity index (χ2v) is 7.13. The van der Waals surface area contributed by atoms with Crippen LogP contribution in [0.4, 0.5) is 19.0 Å². The fourth-order valence-corrected chi connectivity index (χ4v) is 3.18. The van der Waals surface area contributed by atoms with Crippen molar-refractivity contribution in [1.82, 2.24) is 24.7 Å². The van der Waals surface area contributed by atoms with E-state index in [0.717, 1.165) is 16.8 Å². The minimum atomic E-state index is -4.89. The number of alkyl halides is 3. The quantitative estimate of drug-likeness (QED) is 0.604. The summed E-state index contributed by atoms with van der Waals surface area (Å²) in [7, 11) is 1.83. The summed E-state index contributed by atoms with van der Waals surface area (Å²) < 4.78 is 42.5. The van der Waals surface area contributed by atoms with Crippen LogP contribution in [0.1, 0.15) is 28.2 Å². The maximum absolute atomic E-state index is 12.3. The highest BCUT2D eigenvalue weighted by atomic mass is 32.2. The predicted octanol–water partition coefficient (Wildman–Crippen LogP) is 3.61. The summed E-state index contributed by atoms with van der Waals surface area (Å²) in [5, 5.41) is 11.1. The van der Waals surface area contributed by atoms with Gasteiger partial charge >= 0.3 is 6.36 Å². The highest BCUT2D eigenvalue weighted by Gasteiger charge is 2.32. The van der Waals surface area contributed by atoms with Crippen molar-refractivity contribution in [3.63, 3.8) is 0 Å². The molecule has 0 unspecified atom stereocenters. The van der Waals surface area contributed by atoms with Gasteiger partial charge in [0.25, 0.3) is 5.91 Å². The van der Waals surface area contributed by atoms with Crippen LogP contribution in [0.15, 0.2) is 48.0 Å². The predicted molar refractivity (Wildman–Crippen MR) is 98.4 cm³/mol. The molecular formula is C17H15F3N6O2S. The zero-order valence-corrected chi connectivity index (χ0v) is 16.0. The number of rotatable bonds is 6. The van der Waals surface area contributed by atoms with Crippen molar-refractivity contribution in [2.75, 3.05) is 5.32 Å². The Morgan fingerprint density at radius 2 is 2.10 bits per heavy atom. The molecule has 1 atom stereocenters. The van der Waals surface area contributed by atoms with Gasteiger partial charge in [-0.1, -0.05) is 17.8 Å². The van der Waals surface area contributed by atoms with Gasteiger partial charge in [-0.25, -0.2) is 9.97 Å². The van der Waals surface area contributed by atoms with E-state index in [4.69, 9.17) is 0 Å². The van der Waals surface area contributed by atoms with E-state index in [2.05, 4.69) is 30.2 Å². The molecule has 0 aliphatic carbocycles. The van der Waals surface area contributed by atoms with Gasteiger partial charge in [-0.05, 0) is 30.7 Å². The minimum Gasteiger partial charge on any atom is -0.388 e. The Kier molecular flexibility index (Phi) is 6.01. The van der Waals surface area contributed by atoms with Crippen LogP contribution < -0.4 is 10.1 Å². The van der Waals surface area contributed by atoms with E-state index < -0.39 is 18.1 Å². The lowest BCUT2D eigenvalue weighted by molar-refractivity contribution is -0.276. The first kappa shape index (κ1) is 20.6. The lowest BCUT2D eigenvalue weighted by Gasteiger charge is -2.12. The fourth-order valence-electron chi connectivity index (χ4n) is 2.27. The molecule has 0 aliphatic heterocycles. The molecule has 12 heteroatoms. The first-order valence-corrected chi connectivity index (χ1v) is 9.10. The average molecular weight is 424 g/mol. The minimum absolute atomic E-state index is 0.0156. The van der Waals surface area contributed by atoms with Gasteiger partial charge in [-0.15, -0.1) is 23.4 Å². The molecule has 0 aromatic carbocycles. The third-order valence-corrected chi connectivity index (χ3v) is 4.83. The smallest absolute Gasteiger partial charge is 0.388 e. The monoisotopic (exact) mass is 424 g/mol. The number of aryl methyl sites for hydroxylation is 1. The van der Waals surface area contributed by atoms with Crippen LogP contribution >= 0.6 is 11.8 Å². The van der Waals surface area contributed by atoms with Crippen molar-refractivity contribution < 1.29 is 22.7 Å². The second kappa shape index (κ2) is 8.47. The summed E-state index contributed by atoms with van der Waals surface area (Å²) in [5.41, 5.74) is 0.630. The number of hydrogen-bond acceptors (Lipinski definition) is 7. The molecule has 3 rings (SSSR count). The van der Waals surface area contributed by atoms with Gasteiger partial charge in [0.05, 0.1) is 0 Å². The number of ether oxygens (including phenoxy) is 1. The Morgan fingerprint density at radius 3 is 2.79 bits per heavy atom. The average Bonchev–Trinajstić information content (AvgIpc) is 3.05. The molecule has 3 aromatic rings. The molecule has 0 spiro atoms. The topological polar surface area (TPSA) is 94.8 Å². The van der Waals surface area contributed by atoms with Crippen LogP contribution in [0.25, 0.3) is 0 Å². The van der Waals surface area contributed by atoms with Crippen LogP contribution in [0.5, 0.6) is 5.88 Å². The molecule has 0 bridgehead atoms. The van der Waals surface area contributed by atoms with E-state index in [1.807, 2.05) is 14.0 Å². The molecule has 1 amide bonds. The van der Waals surface area contributed by atoms with Crippen molar-refractivity contribution in [1.29, 1.82) is 0 Å². The maximum Gasteiger partial charge on any atom is 0.574 e. The van der Waals surface area contributed by atoms with E-state index in [1.54, 1.807) is 23.0 Å². The largest absolute Gasteiger partial charge is 0.574 e. The molecule has 1 N–H and O–H groups in total. The van der Waals surface area contributed by atoms with E-state index in [9.17, 15) is 18.0 Å². The number of hydrogen-bond donors (Lipinski definition) is 1. The molecule has 0 saturated carbocycles. The molecule has 0 radical (unpaired) electrons. The maximum atomic E-state index is 12.3. The number of amides is 1. The highest BCUT2D eigenvalue weighted by molar-refractivity contribution is 7.99. The Morgan fingerprint density at radius 1 is 1.31 bits per heavy atom. The molecule has 152 valence electrons. The first-order valence-electron chi connectivity index (χ1n) is 8.22. The molecule has 29 heavy (non-hydrogen) atoms. The van der Waals surface area contributed by atoms with Gasteiger partial charge in [0.2, 0.25) is 5.88 Å². The normalized spacial score (nSPS) is 12.4. The van der Waals surface area contributed by atoms with E-state index in [1.165, 1.54) is 30.1 Å². The number of nitrogens with one attached hydrogen (secondary N) is 1. The van der Waals surface area contributed by atoms with Gasteiger partial charge in [0, 0.05) is 24.6 Å². The van der Waals surface area contributed by atoms with Crippen molar-refractivity contribution >= 4 is 23.5 Å². The van der Waals surface area contributed by atoms with E-state index in [-0.39, 0.29) is 16.8 Å². The van der Waals surface area contributed by atoms with Gasteiger partial charge in [-0.2, -0.15) is 0 Å². The molecule has 0 aliphatic rings. The van der Waals surface area contributed by atoms with Gasteiger partial charge in [0.1, 0.15) is 17.8 Å². The molecular weight excluding hydrogens is 409 g/mol. The third kappa shape index (κ3) is 5.67. The summed E-state index contributed by atoms with van der Waals surface area (Å²) in [6, 6.07) is 6.98. The van der Waals surface area contributed by atoms with Gasteiger partial charge < -0.3 is 14.6 Å². The lowest BCUT2D eigenvalue weighted by atomic mass is 10.2. The van der Waals surface area contributed by atoms with Crippen molar-refractivity contribution in [3.05, 3.63) is 54.1 Å². The lowest BCUT2D eigenvalue weighted by Crippen LogP contribution is -2.20. The van der Waals surface area contributed by atoms with Crippen molar-refractivity contribution in [3.8, 4) is 5.88 Å². The number of carbonyl (C=O) groups excluding carboxylic acids is 1. The van der Waals surface area contributed by atoms with Gasteiger partial charge in [-0.3, -0.25) is 4.79 Å². The zero-order chi connectivity index (χ0) is 21.0. The SMILES string of the molecule is C[C@H](Sc1nncn1C)c1ccnc(NC(=O)c2cccc(OC(F)(F)F)n2)c1. The van der Waals surface area contributed by atoms with Crippen LogP contribution in [0.3, 0.4) is 0 Å². The molecule has 0 fully saturated rings. The summed E-state index contributed by atoms with van der Waals surface area (Å²) in [6.07, 6.45) is -1.78. The fraction of sp³-hybridized carbons (Fsp3) is 0.235. The highest BCUT2D eigenvalue weighted by Crippen LogP contribution is 2.33. The zero-order valence-electron chi connectivity index (χ0n) is 15.2.